The standard InChI is InChI=1S/C13H19N5O/c14-13(19)17-9-4-6-18(7-5-9)12-10-2-1-3-11(10)15-8-16-12/h8-9H,1-7H2,(H3,14,17,19). The molecule has 6 nitrogen and oxygen atoms in total. The van der Waals surface area contributed by atoms with E-state index in [1.54, 1.807) is 6.33 Å². The number of fused-ring (bicyclic) bond motifs is 1. The molecule has 0 radical (unpaired) electrons. The zero-order valence-corrected chi connectivity index (χ0v) is 10.9. The zero-order chi connectivity index (χ0) is 13.2. The number of amides is 2. The number of hydrogen-bond donors (Lipinski definition) is 2. The largest absolute Gasteiger partial charge is 0.356 e. The minimum Gasteiger partial charge on any atom is -0.356 e. The molecule has 0 bridgehead atoms. The Kier molecular flexibility index (Phi) is 3.23. The van der Waals surface area contributed by atoms with Crippen LogP contribution in [0.2, 0.25) is 0 Å². The first-order chi connectivity index (χ1) is 9.24. The second kappa shape index (κ2) is 5.03. The van der Waals surface area contributed by atoms with Crippen molar-refractivity contribution >= 4 is 11.8 Å². The van der Waals surface area contributed by atoms with Gasteiger partial charge < -0.3 is 16.0 Å². The summed E-state index contributed by atoms with van der Waals surface area (Å²) in [7, 11) is 0. The highest BCUT2D eigenvalue weighted by Gasteiger charge is 2.25. The highest BCUT2D eigenvalue weighted by molar-refractivity contribution is 5.72. The van der Waals surface area contributed by atoms with Crippen LogP contribution in [0.1, 0.15) is 30.5 Å². The summed E-state index contributed by atoms with van der Waals surface area (Å²) < 4.78 is 0. The van der Waals surface area contributed by atoms with Crippen molar-refractivity contribution in [1.29, 1.82) is 0 Å². The van der Waals surface area contributed by atoms with Gasteiger partial charge in [-0.15, -0.1) is 0 Å². The number of anilines is 1. The van der Waals surface area contributed by atoms with Crippen molar-refractivity contribution < 1.29 is 4.79 Å². The highest BCUT2D eigenvalue weighted by Crippen LogP contribution is 2.29. The molecule has 0 atom stereocenters. The van der Waals surface area contributed by atoms with Gasteiger partial charge in [0.25, 0.3) is 0 Å². The fourth-order valence-corrected chi connectivity index (χ4v) is 3.05. The first-order valence-corrected chi connectivity index (χ1v) is 6.87. The number of nitrogens with zero attached hydrogens (tertiary/aromatic N) is 3. The Labute approximate surface area is 112 Å². The molecule has 2 aliphatic rings. The zero-order valence-electron chi connectivity index (χ0n) is 10.9. The van der Waals surface area contributed by atoms with Crippen LogP contribution in [-0.2, 0) is 12.8 Å². The SMILES string of the molecule is NC(=O)NC1CCN(c2ncnc3c2CCC3)CC1. The van der Waals surface area contributed by atoms with Crippen molar-refractivity contribution in [3.05, 3.63) is 17.6 Å². The highest BCUT2D eigenvalue weighted by atomic mass is 16.2. The van der Waals surface area contributed by atoms with E-state index in [1.807, 2.05) is 0 Å². The Morgan fingerprint density at radius 3 is 2.84 bits per heavy atom. The van der Waals surface area contributed by atoms with Crippen LogP contribution in [0, 0.1) is 0 Å². The number of aryl methyl sites for hydroxylation is 1. The maximum absolute atomic E-state index is 10.8. The molecule has 1 aliphatic heterocycles. The van der Waals surface area contributed by atoms with Crippen LogP contribution in [0.25, 0.3) is 0 Å². The second-order valence-electron chi connectivity index (χ2n) is 5.25. The number of carbonyl (C=O) groups is 1. The van der Waals surface area contributed by atoms with Crippen molar-refractivity contribution in [3.63, 3.8) is 0 Å². The van der Waals surface area contributed by atoms with Crippen LogP contribution in [0.5, 0.6) is 0 Å². The molecule has 19 heavy (non-hydrogen) atoms. The van der Waals surface area contributed by atoms with E-state index in [4.69, 9.17) is 5.73 Å². The van der Waals surface area contributed by atoms with Gasteiger partial charge in [-0.1, -0.05) is 0 Å². The van der Waals surface area contributed by atoms with Crippen LogP contribution >= 0.6 is 0 Å². The van der Waals surface area contributed by atoms with E-state index in [-0.39, 0.29) is 6.04 Å². The predicted molar refractivity (Wildman–Crippen MR) is 72.0 cm³/mol. The average Bonchev–Trinajstić information content (AvgIpc) is 2.87. The van der Waals surface area contributed by atoms with Gasteiger partial charge in [0.05, 0.1) is 0 Å². The Morgan fingerprint density at radius 1 is 1.32 bits per heavy atom. The van der Waals surface area contributed by atoms with E-state index in [1.165, 1.54) is 17.7 Å². The first-order valence-electron chi connectivity index (χ1n) is 6.87. The fourth-order valence-electron chi connectivity index (χ4n) is 3.05. The van der Waals surface area contributed by atoms with Crippen molar-refractivity contribution in [1.82, 2.24) is 15.3 Å². The van der Waals surface area contributed by atoms with Crippen molar-refractivity contribution in [2.75, 3.05) is 18.0 Å². The molecule has 0 saturated carbocycles. The molecule has 1 aliphatic carbocycles. The number of nitrogens with two attached hydrogens (primary N) is 1. The number of carbonyl (C=O) groups excluding carboxylic acids is 1. The first kappa shape index (κ1) is 12.2. The molecule has 3 rings (SSSR count). The Morgan fingerprint density at radius 2 is 2.11 bits per heavy atom. The molecule has 1 saturated heterocycles. The minimum absolute atomic E-state index is 0.198. The Balaban J connectivity index is 1.69. The maximum atomic E-state index is 10.8. The van der Waals surface area contributed by atoms with Crippen molar-refractivity contribution in [3.8, 4) is 0 Å². The lowest BCUT2D eigenvalue weighted by Crippen LogP contribution is -2.46. The fraction of sp³-hybridized carbons (Fsp3) is 0.615. The molecule has 0 unspecified atom stereocenters. The van der Waals surface area contributed by atoms with Gasteiger partial charge in [0.15, 0.2) is 0 Å². The van der Waals surface area contributed by atoms with E-state index in [0.717, 1.165) is 44.6 Å². The van der Waals surface area contributed by atoms with Gasteiger partial charge in [0, 0.05) is 30.4 Å². The van der Waals surface area contributed by atoms with E-state index in [2.05, 4.69) is 20.2 Å². The molecule has 1 aromatic rings. The number of piperidine rings is 1. The van der Waals surface area contributed by atoms with E-state index >= 15 is 0 Å². The number of primary amides is 1. The number of urea groups is 1. The van der Waals surface area contributed by atoms with Gasteiger partial charge in [0.2, 0.25) is 0 Å². The molecular weight excluding hydrogens is 242 g/mol. The van der Waals surface area contributed by atoms with E-state index in [9.17, 15) is 4.79 Å². The topological polar surface area (TPSA) is 84.1 Å². The third-order valence-electron chi connectivity index (χ3n) is 3.99. The normalized spacial score (nSPS) is 19.3. The summed E-state index contributed by atoms with van der Waals surface area (Å²) in [5, 5.41) is 2.79. The molecule has 0 spiro atoms. The second-order valence-corrected chi connectivity index (χ2v) is 5.25. The monoisotopic (exact) mass is 261 g/mol. The third kappa shape index (κ3) is 2.47. The van der Waals surface area contributed by atoms with Crippen LogP contribution in [-0.4, -0.2) is 35.1 Å². The molecule has 3 N–H and O–H groups in total. The van der Waals surface area contributed by atoms with E-state index < -0.39 is 6.03 Å². The molecule has 2 heterocycles. The van der Waals surface area contributed by atoms with E-state index in [0.29, 0.717) is 0 Å². The quantitative estimate of drug-likeness (QED) is 0.816. The van der Waals surface area contributed by atoms with Crippen LogP contribution in [0.15, 0.2) is 6.33 Å². The van der Waals surface area contributed by atoms with Gasteiger partial charge >= 0.3 is 6.03 Å². The summed E-state index contributed by atoms with van der Waals surface area (Å²) in [4.78, 5) is 22.0. The summed E-state index contributed by atoms with van der Waals surface area (Å²) in [6.45, 7) is 1.82. The third-order valence-corrected chi connectivity index (χ3v) is 3.99. The molecule has 6 heteroatoms. The molecule has 0 aromatic carbocycles. The number of nitrogens with one attached hydrogen (secondary N) is 1. The lowest BCUT2D eigenvalue weighted by molar-refractivity contribution is 0.242. The van der Waals surface area contributed by atoms with Gasteiger partial charge in [-0.3, -0.25) is 0 Å². The van der Waals surface area contributed by atoms with Gasteiger partial charge in [0.1, 0.15) is 12.1 Å². The molecule has 1 aromatic heterocycles. The van der Waals surface area contributed by atoms with Gasteiger partial charge in [-0.25, -0.2) is 14.8 Å². The minimum atomic E-state index is -0.429. The van der Waals surface area contributed by atoms with Crippen LogP contribution in [0.3, 0.4) is 0 Å². The summed E-state index contributed by atoms with van der Waals surface area (Å²) in [5.41, 5.74) is 7.69. The summed E-state index contributed by atoms with van der Waals surface area (Å²) in [6, 6.07) is -0.231. The van der Waals surface area contributed by atoms with Gasteiger partial charge in [-0.05, 0) is 32.1 Å². The Hall–Kier alpha value is -1.85. The molecule has 2 amide bonds. The van der Waals surface area contributed by atoms with Crippen LogP contribution < -0.4 is 16.0 Å². The average molecular weight is 261 g/mol. The molecule has 1 fully saturated rings. The summed E-state index contributed by atoms with van der Waals surface area (Å²) >= 11 is 0. The Bertz CT molecular complexity index is 482. The van der Waals surface area contributed by atoms with Crippen molar-refractivity contribution in [2.45, 2.75) is 38.1 Å². The number of hydrogen-bond acceptors (Lipinski definition) is 4. The summed E-state index contributed by atoms with van der Waals surface area (Å²) in [5.74, 6) is 1.10. The summed E-state index contributed by atoms with van der Waals surface area (Å²) in [6.07, 6.45) is 6.85. The van der Waals surface area contributed by atoms with Crippen molar-refractivity contribution in [2.24, 2.45) is 5.73 Å². The van der Waals surface area contributed by atoms with Gasteiger partial charge in [-0.2, -0.15) is 0 Å². The molecular formula is C13H19N5O. The van der Waals surface area contributed by atoms with Crippen LogP contribution in [0.4, 0.5) is 10.6 Å². The number of aromatic nitrogens is 2. The predicted octanol–water partition coefficient (Wildman–Crippen LogP) is 0.602. The lowest BCUT2D eigenvalue weighted by atomic mass is 10.0. The molecule has 102 valence electrons. The smallest absolute Gasteiger partial charge is 0.312 e. The number of rotatable bonds is 2. The lowest BCUT2D eigenvalue weighted by Gasteiger charge is -2.33. The maximum Gasteiger partial charge on any atom is 0.312 e.